The molecule has 0 spiro atoms. The van der Waals surface area contributed by atoms with Gasteiger partial charge in [-0.25, -0.2) is 0 Å². The van der Waals surface area contributed by atoms with E-state index in [-0.39, 0.29) is 0 Å². The van der Waals surface area contributed by atoms with Crippen LogP contribution in [0.25, 0.3) is 0 Å². The van der Waals surface area contributed by atoms with Crippen molar-refractivity contribution >= 4 is 11.6 Å². The Morgan fingerprint density at radius 3 is 3.07 bits per heavy atom. The average molecular weight is 236 g/mol. The lowest BCUT2D eigenvalue weighted by Gasteiger charge is -2.18. The van der Waals surface area contributed by atoms with Crippen LogP contribution in [0.15, 0.2) is 0 Å². The molecule has 0 radical (unpaired) electrons. The molecular weight excluding hydrogens is 214 g/mol. The second-order valence-electron chi connectivity index (χ2n) is 4.01. The van der Waals surface area contributed by atoms with Crippen LogP contribution < -0.4 is 5.32 Å². The Labute approximate surface area is 97.5 Å². The Kier molecular flexibility index (Phi) is 7.36. The SMILES string of the molecule is COCC(CCCl)NCCC1CCCO1. The second-order valence-corrected chi connectivity index (χ2v) is 4.39. The van der Waals surface area contributed by atoms with Crippen LogP contribution in [0.1, 0.15) is 25.7 Å². The number of halogens is 1. The molecule has 0 aliphatic carbocycles. The van der Waals surface area contributed by atoms with E-state index in [4.69, 9.17) is 21.1 Å². The van der Waals surface area contributed by atoms with Gasteiger partial charge in [0, 0.05) is 25.6 Å². The molecule has 1 heterocycles. The maximum absolute atomic E-state index is 5.72. The zero-order valence-corrected chi connectivity index (χ0v) is 10.3. The van der Waals surface area contributed by atoms with E-state index in [0.717, 1.165) is 32.6 Å². The highest BCUT2D eigenvalue weighted by Gasteiger charge is 2.15. The van der Waals surface area contributed by atoms with Gasteiger partial charge in [0.25, 0.3) is 0 Å². The van der Waals surface area contributed by atoms with Crippen LogP contribution in [-0.4, -0.2) is 44.9 Å². The zero-order valence-electron chi connectivity index (χ0n) is 9.51. The summed E-state index contributed by atoms with van der Waals surface area (Å²) >= 11 is 5.72. The Hall–Kier alpha value is 0.170. The molecule has 0 aromatic rings. The third kappa shape index (κ3) is 5.71. The normalized spacial score (nSPS) is 23.2. The predicted molar refractivity (Wildman–Crippen MR) is 62.6 cm³/mol. The van der Waals surface area contributed by atoms with Crippen LogP contribution in [0.2, 0.25) is 0 Å². The standard InChI is InChI=1S/C11H22ClNO2/c1-14-9-10(4-6-12)13-7-5-11-3-2-8-15-11/h10-11,13H,2-9H2,1H3. The largest absolute Gasteiger partial charge is 0.383 e. The Morgan fingerprint density at radius 1 is 1.60 bits per heavy atom. The molecule has 0 saturated carbocycles. The van der Waals surface area contributed by atoms with Crippen LogP contribution in [-0.2, 0) is 9.47 Å². The molecule has 1 saturated heterocycles. The number of alkyl halides is 1. The van der Waals surface area contributed by atoms with Gasteiger partial charge in [0.2, 0.25) is 0 Å². The van der Waals surface area contributed by atoms with E-state index in [9.17, 15) is 0 Å². The van der Waals surface area contributed by atoms with Crippen LogP contribution in [0.4, 0.5) is 0 Å². The molecule has 0 bridgehead atoms. The summed E-state index contributed by atoms with van der Waals surface area (Å²) in [5, 5.41) is 3.46. The van der Waals surface area contributed by atoms with Gasteiger partial charge in [-0.3, -0.25) is 0 Å². The summed E-state index contributed by atoms with van der Waals surface area (Å²) in [5.74, 6) is 0.682. The maximum Gasteiger partial charge on any atom is 0.0616 e. The van der Waals surface area contributed by atoms with E-state index in [2.05, 4.69) is 5.32 Å². The van der Waals surface area contributed by atoms with Gasteiger partial charge in [0.15, 0.2) is 0 Å². The van der Waals surface area contributed by atoms with Crippen LogP contribution in [0.5, 0.6) is 0 Å². The highest BCUT2D eigenvalue weighted by molar-refractivity contribution is 6.17. The fourth-order valence-electron chi connectivity index (χ4n) is 1.90. The van der Waals surface area contributed by atoms with Crippen molar-refractivity contribution in [3.63, 3.8) is 0 Å². The molecule has 0 amide bonds. The fourth-order valence-corrected chi connectivity index (χ4v) is 2.16. The van der Waals surface area contributed by atoms with Crippen molar-refractivity contribution in [3.05, 3.63) is 0 Å². The first-order valence-electron chi connectivity index (χ1n) is 5.76. The van der Waals surface area contributed by atoms with Gasteiger partial charge in [-0.05, 0) is 32.2 Å². The molecule has 0 aromatic carbocycles. The summed E-state index contributed by atoms with van der Waals surface area (Å²) in [4.78, 5) is 0. The van der Waals surface area contributed by atoms with Gasteiger partial charge in [0.05, 0.1) is 12.7 Å². The lowest BCUT2D eigenvalue weighted by atomic mass is 10.1. The molecule has 1 N–H and O–H groups in total. The molecule has 0 aromatic heterocycles. The van der Waals surface area contributed by atoms with Gasteiger partial charge >= 0.3 is 0 Å². The minimum atomic E-state index is 0.383. The summed E-state index contributed by atoms with van der Waals surface area (Å²) in [6.45, 7) is 2.67. The van der Waals surface area contributed by atoms with Gasteiger partial charge < -0.3 is 14.8 Å². The minimum Gasteiger partial charge on any atom is -0.383 e. The second kappa shape index (κ2) is 8.34. The third-order valence-corrected chi connectivity index (χ3v) is 2.97. The summed E-state index contributed by atoms with van der Waals surface area (Å²) < 4.78 is 10.7. The van der Waals surface area contributed by atoms with Crippen molar-refractivity contribution in [3.8, 4) is 0 Å². The van der Waals surface area contributed by atoms with Crippen LogP contribution in [0, 0.1) is 0 Å². The monoisotopic (exact) mass is 235 g/mol. The molecular formula is C11H22ClNO2. The lowest BCUT2D eigenvalue weighted by molar-refractivity contribution is 0.101. The van der Waals surface area contributed by atoms with E-state index in [0.29, 0.717) is 18.0 Å². The summed E-state index contributed by atoms with van der Waals surface area (Å²) in [5.41, 5.74) is 0. The summed E-state index contributed by atoms with van der Waals surface area (Å²) in [6, 6.07) is 0.383. The predicted octanol–water partition coefficient (Wildman–Crippen LogP) is 1.79. The van der Waals surface area contributed by atoms with Gasteiger partial charge in [0.1, 0.15) is 0 Å². The molecule has 90 valence electrons. The summed E-state index contributed by atoms with van der Waals surface area (Å²) in [6.07, 6.45) is 4.96. The lowest BCUT2D eigenvalue weighted by Crippen LogP contribution is -2.35. The van der Waals surface area contributed by atoms with E-state index < -0.39 is 0 Å². The smallest absolute Gasteiger partial charge is 0.0616 e. The van der Waals surface area contributed by atoms with Crippen molar-refractivity contribution in [1.29, 1.82) is 0 Å². The fraction of sp³-hybridized carbons (Fsp3) is 1.00. The maximum atomic E-state index is 5.72. The molecule has 1 fully saturated rings. The molecule has 1 aliphatic heterocycles. The van der Waals surface area contributed by atoms with E-state index in [1.807, 2.05) is 0 Å². The first kappa shape index (κ1) is 13.2. The number of hydrogen-bond acceptors (Lipinski definition) is 3. The van der Waals surface area contributed by atoms with Crippen molar-refractivity contribution in [2.24, 2.45) is 0 Å². The average Bonchev–Trinajstić information content (AvgIpc) is 2.71. The molecule has 3 nitrogen and oxygen atoms in total. The Balaban J connectivity index is 2.04. The van der Waals surface area contributed by atoms with E-state index >= 15 is 0 Å². The van der Waals surface area contributed by atoms with Gasteiger partial charge in [-0.15, -0.1) is 11.6 Å². The Bertz CT molecular complexity index is 146. The highest BCUT2D eigenvalue weighted by atomic mass is 35.5. The quantitative estimate of drug-likeness (QED) is 0.651. The van der Waals surface area contributed by atoms with E-state index in [1.165, 1.54) is 12.8 Å². The van der Waals surface area contributed by atoms with Crippen molar-refractivity contribution in [1.82, 2.24) is 5.32 Å². The number of ether oxygens (including phenoxy) is 2. The number of methoxy groups -OCH3 is 1. The summed E-state index contributed by atoms with van der Waals surface area (Å²) in [7, 11) is 1.73. The molecule has 4 heteroatoms. The molecule has 2 unspecified atom stereocenters. The first-order chi connectivity index (χ1) is 7.36. The van der Waals surface area contributed by atoms with Crippen molar-refractivity contribution < 1.29 is 9.47 Å². The molecule has 15 heavy (non-hydrogen) atoms. The third-order valence-electron chi connectivity index (χ3n) is 2.75. The minimum absolute atomic E-state index is 0.383. The molecule has 1 aliphatic rings. The van der Waals surface area contributed by atoms with Crippen molar-refractivity contribution in [2.75, 3.05) is 32.7 Å². The molecule has 2 atom stereocenters. The van der Waals surface area contributed by atoms with Gasteiger partial charge in [-0.2, -0.15) is 0 Å². The highest BCUT2D eigenvalue weighted by Crippen LogP contribution is 2.14. The number of nitrogens with one attached hydrogen (secondary N) is 1. The van der Waals surface area contributed by atoms with Gasteiger partial charge in [-0.1, -0.05) is 0 Å². The Morgan fingerprint density at radius 2 is 2.47 bits per heavy atom. The zero-order chi connectivity index (χ0) is 10.9. The topological polar surface area (TPSA) is 30.5 Å². The van der Waals surface area contributed by atoms with Crippen LogP contribution >= 0.6 is 11.6 Å². The molecule has 1 rings (SSSR count). The van der Waals surface area contributed by atoms with Crippen molar-refractivity contribution in [2.45, 2.75) is 37.8 Å². The first-order valence-corrected chi connectivity index (χ1v) is 6.30. The van der Waals surface area contributed by atoms with E-state index in [1.54, 1.807) is 7.11 Å². The number of rotatable bonds is 8. The van der Waals surface area contributed by atoms with Crippen LogP contribution in [0.3, 0.4) is 0 Å². The number of hydrogen-bond donors (Lipinski definition) is 1.